The molecule has 0 amide bonds. The molecule has 0 spiro atoms. The van der Waals surface area contributed by atoms with Crippen molar-refractivity contribution in [1.29, 1.82) is 0 Å². The molecule has 0 aliphatic heterocycles. The van der Waals surface area contributed by atoms with E-state index in [2.05, 4.69) is 25.8 Å². The quantitative estimate of drug-likeness (QED) is 0.582. The summed E-state index contributed by atoms with van der Waals surface area (Å²) in [7, 11) is 1.79. The number of pyridine rings is 1. The average molecular weight is 288 g/mol. The Bertz CT molecular complexity index is 554. The maximum Gasteiger partial charge on any atom is 0.169 e. The van der Waals surface area contributed by atoms with Gasteiger partial charge in [0.15, 0.2) is 11.6 Å². The molecule has 2 rings (SSSR count). The second-order valence-corrected chi connectivity index (χ2v) is 4.30. The topological polar surface area (TPSA) is 93.7 Å². The highest BCUT2D eigenvalue weighted by Crippen LogP contribution is 2.28. The van der Waals surface area contributed by atoms with Gasteiger partial charge in [0.1, 0.15) is 12.1 Å². The number of nitrogen functional groups attached to an aromatic ring is 1. The van der Waals surface area contributed by atoms with E-state index < -0.39 is 0 Å². The van der Waals surface area contributed by atoms with Gasteiger partial charge in [0.2, 0.25) is 0 Å². The summed E-state index contributed by atoms with van der Waals surface area (Å²) in [6, 6.07) is 1.56. The number of nitrogens with two attached hydrogens (primary N) is 1. The Morgan fingerprint density at radius 2 is 2.06 bits per heavy atom. The van der Waals surface area contributed by atoms with Crippen LogP contribution in [0.5, 0.6) is 0 Å². The largest absolute Gasteiger partial charge is 0.361 e. The number of aryl methyl sites for hydroxylation is 1. The predicted octanol–water partition coefficient (Wildman–Crippen LogP) is 1.41. The van der Waals surface area contributed by atoms with Crippen molar-refractivity contribution in [1.82, 2.24) is 19.7 Å². The van der Waals surface area contributed by atoms with Gasteiger partial charge in [-0.3, -0.25) is 4.68 Å². The molecule has 4 N–H and O–H groups in total. The first-order valence-corrected chi connectivity index (χ1v) is 5.77. The molecule has 0 aromatic carbocycles. The number of rotatable bonds is 4. The van der Waals surface area contributed by atoms with E-state index in [0.717, 1.165) is 0 Å². The van der Waals surface area contributed by atoms with E-state index >= 15 is 0 Å². The van der Waals surface area contributed by atoms with E-state index in [1.807, 2.05) is 0 Å². The Kier molecular flexibility index (Phi) is 3.85. The van der Waals surface area contributed by atoms with Crippen molar-refractivity contribution < 1.29 is 0 Å². The number of halogens is 2. The summed E-state index contributed by atoms with van der Waals surface area (Å²) >= 11 is 11.9. The molecular formula is C9H11Cl2N7. The lowest BCUT2D eigenvalue weighted by Crippen LogP contribution is -2.11. The third-order valence-electron chi connectivity index (χ3n) is 2.13. The van der Waals surface area contributed by atoms with Crippen molar-refractivity contribution in [2.24, 2.45) is 12.9 Å². The Hall–Kier alpha value is -1.57. The first-order chi connectivity index (χ1) is 8.60. The molecule has 0 saturated heterocycles. The van der Waals surface area contributed by atoms with Gasteiger partial charge in [0, 0.05) is 7.05 Å². The van der Waals surface area contributed by atoms with Gasteiger partial charge in [0.05, 0.1) is 16.6 Å². The zero-order valence-corrected chi connectivity index (χ0v) is 11.0. The molecule has 2 aromatic rings. The number of hydrogen-bond acceptors (Lipinski definition) is 6. The number of nitrogens with zero attached hydrogens (tertiary/aromatic N) is 4. The molecule has 96 valence electrons. The minimum absolute atomic E-state index is 0.345. The number of nitrogens with one attached hydrogen (secondary N) is 2. The van der Waals surface area contributed by atoms with Crippen LogP contribution in [0, 0.1) is 0 Å². The molecular weight excluding hydrogens is 277 g/mol. The van der Waals surface area contributed by atoms with Gasteiger partial charge in [-0.15, -0.1) is 0 Å². The van der Waals surface area contributed by atoms with Crippen LogP contribution in [0.4, 0.5) is 11.6 Å². The molecule has 0 bridgehead atoms. The lowest BCUT2D eigenvalue weighted by Gasteiger charge is -2.09. The maximum atomic E-state index is 6.01. The van der Waals surface area contributed by atoms with Gasteiger partial charge < -0.3 is 10.7 Å². The standard InChI is InChI=1S/C9H11Cl2N7/c1-18-4-14-7(17-18)3-13-8-5(10)2-6(11)9(15-8)16-12/h2,4H,3,12H2,1H3,(H2,13,15,16). The molecule has 0 aliphatic rings. The number of hydrogen-bond donors (Lipinski definition) is 3. The molecule has 2 heterocycles. The van der Waals surface area contributed by atoms with Crippen LogP contribution in [0.2, 0.25) is 10.0 Å². The Morgan fingerprint density at radius 3 is 2.67 bits per heavy atom. The molecule has 2 aromatic heterocycles. The van der Waals surface area contributed by atoms with Crippen molar-refractivity contribution in [3.63, 3.8) is 0 Å². The molecule has 18 heavy (non-hydrogen) atoms. The lowest BCUT2D eigenvalue weighted by atomic mass is 10.4. The average Bonchev–Trinajstić information content (AvgIpc) is 2.74. The van der Waals surface area contributed by atoms with E-state index in [9.17, 15) is 0 Å². The van der Waals surface area contributed by atoms with Crippen molar-refractivity contribution in [3.05, 3.63) is 28.3 Å². The number of hydrazine groups is 1. The fourth-order valence-electron chi connectivity index (χ4n) is 1.32. The Balaban J connectivity index is 2.13. The zero-order valence-electron chi connectivity index (χ0n) is 9.48. The Morgan fingerprint density at radius 1 is 1.33 bits per heavy atom. The monoisotopic (exact) mass is 287 g/mol. The van der Waals surface area contributed by atoms with E-state index in [-0.39, 0.29) is 0 Å². The smallest absolute Gasteiger partial charge is 0.169 e. The second-order valence-electron chi connectivity index (χ2n) is 3.48. The van der Waals surface area contributed by atoms with Crippen LogP contribution >= 0.6 is 23.2 Å². The summed E-state index contributed by atoms with van der Waals surface area (Å²) < 4.78 is 1.61. The van der Waals surface area contributed by atoms with Gasteiger partial charge in [-0.2, -0.15) is 5.10 Å². The number of aromatic nitrogens is 4. The normalized spacial score (nSPS) is 10.4. The van der Waals surface area contributed by atoms with Crippen LogP contribution in [0.15, 0.2) is 12.4 Å². The fourth-order valence-corrected chi connectivity index (χ4v) is 1.80. The van der Waals surface area contributed by atoms with Gasteiger partial charge in [-0.25, -0.2) is 15.8 Å². The van der Waals surface area contributed by atoms with Gasteiger partial charge in [-0.1, -0.05) is 23.2 Å². The minimum Gasteiger partial charge on any atom is -0.361 e. The fraction of sp³-hybridized carbons (Fsp3) is 0.222. The summed E-state index contributed by atoms with van der Waals surface area (Å²) in [5.74, 6) is 6.72. The molecule has 0 atom stereocenters. The van der Waals surface area contributed by atoms with Crippen LogP contribution in [-0.4, -0.2) is 19.7 Å². The summed E-state index contributed by atoms with van der Waals surface area (Å²) in [5.41, 5.74) is 2.39. The molecule has 0 fully saturated rings. The summed E-state index contributed by atoms with van der Waals surface area (Å²) in [6.45, 7) is 0.402. The molecule has 0 saturated carbocycles. The highest BCUT2D eigenvalue weighted by Gasteiger charge is 2.09. The highest BCUT2D eigenvalue weighted by molar-refractivity contribution is 6.37. The Labute approximate surface area is 113 Å². The number of anilines is 2. The van der Waals surface area contributed by atoms with Crippen molar-refractivity contribution in [3.8, 4) is 0 Å². The molecule has 0 aliphatic carbocycles. The van der Waals surface area contributed by atoms with Crippen LogP contribution in [-0.2, 0) is 13.6 Å². The van der Waals surface area contributed by atoms with Crippen LogP contribution in [0.3, 0.4) is 0 Å². The van der Waals surface area contributed by atoms with Gasteiger partial charge in [-0.05, 0) is 6.07 Å². The van der Waals surface area contributed by atoms with E-state index in [4.69, 9.17) is 29.0 Å². The SMILES string of the molecule is Cn1cnc(CNc2nc(NN)c(Cl)cc2Cl)n1. The van der Waals surface area contributed by atoms with Crippen molar-refractivity contribution in [2.45, 2.75) is 6.54 Å². The third-order valence-corrected chi connectivity index (χ3v) is 2.70. The zero-order chi connectivity index (χ0) is 13.1. The second kappa shape index (κ2) is 5.38. The van der Waals surface area contributed by atoms with Crippen molar-refractivity contribution in [2.75, 3.05) is 10.7 Å². The van der Waals surface area contributed by atoms with Crippen molar-refractivity contribution >= 4 is 34.8 Å². The van der Waals surface area contributed by atoms with Crippen LogP contribution in [0.25, 0.3) is 0 Å². The predicted molar refractivity (Wildman–Crippen MR) is 70.4 cm³/mol. The molecule has 7 nitrogen and oxygen atoms in total. The first kappa shape index (κ1) is 12.9. The van der Waals surface area contributed by atoms with Crippen LogP contribution < -0.4 is 16.6 Å². The van der Waals surface area contributed by atoms with Gasteiger partial charge in [0.25, 0.3) is 0 Å². The molecule has 0 unspecified atom stereocenters. The van der Waals surface area contributed by atoms with E-state index in [1.165, 1.54) is 0 Å². The maximum absolute atomic E-state index is 6.01. The van der Waals surface area contributed by atoms with Gasteiger partial charge >= 0.3 is 0 Å². The molecule has 9 heteroatoms. The summed E-state index contributed by atoms with van der Waals surface area (Å²) in [4.78, 5) is 8.21. The van der Waals surface area contributed by atoms with E-state index in [1.54, 1.807) is 24.1 Å². The summed E-state index contributed by atoms with van der Waals surface area (Å²) in [5, 5.41) is 7.88. The third kappa shape index (κ3) is 2.81. The summed E-state index contributed by atoms with van der Waals surface area (Å²) in [6.07, 6.45) is 1.61. The highest BCUT2D eigenvalue weighted by atomic mass is 35.5. The first-order valence-electron chi connectivity index (χ1n) is 5.01. The van der Waals surface area contributed by atoms with Crippen LogP contribution in [0.1, 0.15) is 5.82 Å². The molecule has 0 radical (unpaired) electrons. The van der Waals surface area contributed by atoms with E-state index in [0.29, 0.717) is 34.1 Å². The minimum atomic E-state index is 0.345. The lowest BCUT2D eigenvalue weighted by molar-refractivity contribution is 0.747.